The minimum absolute atomic E-state index is 0.00551. The predicted molar refractivity (Wildman–Crippen MR) is 197 cm³/mol. The molecule has 3 aliphatic rings. The number of hydrogen-bond donors (Lipinski definition) is 0. The van der Waals surface area contributed by atoms with Gasteiger partial charge in [0.2, 0.25) is 0 Å². The van der Waals surface area contributed by atoms with E-state index in [0.717, 1.165) is 0 Å². The maximum atomic E-state index is 2.64. The summed E-state index contributed by atoms with van der Waals surface area (Å²) in [5.41, 5.74) is 12.8. The van der Waals surface area contributed by atoms with Crippen molar-refractivity contribution in [2.45, 2.75) is 26.5 Å². The second kappa shape index (κ2) is 10.1. The topological polar surface area (TPSA) is 6.48 Å². The Morgan fingerprint density at radius 2 is 1.17 bits per heavy atom. The van der Waals surface area contributed by atoms with Gasteiger partial charge in [-0.2, -0.15) is 0 Å². The van der Waals surface area contributed by atoms with Crippen LogP contribution in [0.5, 0.6) is 0 Å². The third-order valence-corrected chi connectivity index (χ3v) is 12.1. The molecule has 0 saturated heterocycles. The summed E-state index contributed by atoms with van der Waals surface area (Å²) < 4.78 is 0. The molecular weight excluding hydrogens is 595 g/mol. The lowest BCUT2D eigenvalue weighted by atomic mass is 9.43. The fourth-order valence-corrected chi connectivity index (χ4v) is 9.91. The summed E-state index contributed by atoms with van der Waals surface area (Å²) in [7, 11) is 0. The molecule has 7 aromatic rings. The zero-order valence-electron chi connectivity index (χ0n) is 25.1. The van der Waals surface area contributed by atoms with Crippen LogP contribution < -0.4 is 20.6 Å². The fourth-order valence-electron chi connectivity index (χ4n) is 7.64. The van der Waals surface area contributed by atoms with Crippen LogP contribution in [0.4, 0.5) is 28.4 Å². The van der Waals surface area contributed by atoms with Gasteiger partial charge >= 0.3 is 6.85 Å². The molecule has 0 unspecified atom stereocenters. The van der Waals surface area contributed by atoms with Crippen LogP contribution in [0.2, 0.25) is 0 Å². The molecule has 0 aliphatic carbocycles. The van der Waals surface area contributed by atoms with E-state index in [1.165, 1.54) is 86.4 Å². The van der Waals surface area contributed by atoms with Gasteiger partial charge in [0.1, 0.15) is 0 Å². The summed E-state index contributed by atoms with van der Waals surface area (Å²) >= 11 is 3.79. The van der Waals surface area contributed by atoms with Gasteiger partial charge in [0.15, 0.2) is 0 Å². The molecule has 0 bridgehead atoms. The summed E-state index contributed by atoms with van der Waals surface area (Å²) in [6.07, 6.45) is 0. The van der Waals surface area contributed by atoms with Crippen molar-refractivity contribution in [3.63, 3.8) is 0 Å². The molecule has 0 saturated carbocycles. The number of rotatable bonds is 2. The highest BCUT2D eigenvalue weighted by Crippen LogP contribution is 2.55. The van der Waals surface area contributed by atoms with Crippen molar-refractivity contribution < 1.29 is 0 Å². The molecule has 0 fully saturated rings. The molecule has 10 rings (SSSR count). The second-order valence-electron chi connectivity index (χ2n) is 12.2. The number of aryl methyl sites for hydroxylation is 1. The first-order valence-electron chi connectivity index (χ1n) is 15.7. The first-order valence-corrected chi connectivity index (χ1v) is 17.4. The molecule has 7 aromatic carbocycles. The molecular formula is C41H27BN2S2. The summed E-state index contributed by atoms with van der Waals surface area (Å²) in [5.74, 6) is 0. The first kappa shape index (κ1) is 26.4. The lowest BCUT2D eigenvalue weighted by Gasteiger charge is -2.46. The van der Waals surface area contributed by atoms with E-state index in [9.17, 15) is 0 Å². The summed E-state index contributed by atoms with van der Waals surface area (Å²) in [6, 6.07) is 53.9. The molecule has 0 radical (unpaired) electrons. The molecule has 0 N–H and O–H groups in total. The lowest BCUT2D eigenvalue weighted by Crippen LogP contribution is -2.61. The third-order valence-electron chi connectivity index (χ3n) is 9.58. The maximum absolute atomic E-state index is 2.64. The van der Waals surface area contributed by atoms with Gasteiger partial charge in [-0.15, -0.1) is 0 Å². The Labute approximate surface area is 277 Å². The van der Waals surface area contributed by atoms with Crippen molar-refractivity contribution in [2.75, 3.05) is 9.71 Å². The zero-order chi connectivity index (χ0) is 30.4. The van der Waals surface area contributed by atoms with E-state index in [1.54, 1.807) is 0 Å². The van der Waals surface area contributed by atoms with Crippen molar-refractivity contribution in [1.82, 2.24) is 0 Å². The molecule has 0 spiro atoms. The molecule has 5 heteroatoms. The summed E-state index contributed by atoms with van der Waals surface area (Å²) in [4.78, 5) is 10.4. The Bertz CT molecular complexity index is 2370. The molecule has 0 aromatic heterocycles. The van der Waals surface area contributed by atoms with Crippen molar-refractivity contribution in [3.05, 3.63) is 151 Å². The van der Waals surface area contributed by atoms with Crippen molar-refractivity contribution >= 4 is 80.5 Å². The van der Waals surface area contributed by atoms with E-state index in [2.05, 4.69) is 162 Å². The molecule has 0 amide bonds. The average Bonchev–Trinajstić information content (AvgIpc) is 3.10. The fraction of sp³-hybridized carbons (Fsp3) is 0.0244. The highest BCUT2D eigenvalue weighted by molar-refractivity contribution is 8.05. The van der Waals surface area contributed by atoms with Gasteiger partial charge in [-0.3, -0.25) is 0 Å². The van der Waals surface area contributed by atoms with Gasteiger partial charge in [-0.25, -0.2) is 0 Å². The number of para-hydroxylation sites is 3. The predicted octanol–water partition coefficient (Wildman–Crippen LogP) is 10.5. The van der Waals surface area contributed by atoms with E-state index in [-0.39, 0.29) is 6.85 Å². The largest absolute Gasteiger partial charge is 0.376 e. The zero-order valence-corrected chi connectivity index (χ0v) is 26.8. The van der Waals surface area contributed by atoms with E-state index >= 15 is 0 Å². The van der Waals surface area contributed by atoms with E-state index < -0.39 is 0 Å². The summed E-state index contributed by atoms with van der Waals surface area (Å²) in [6.45, 7) is 2.25. The molecule has 3 heterocycles. The highest BCUT2D eigenvalue weighted by Gasteiger charge is 2.46. The van der Waals surface area contributed by atoms with Crippen LogP contribution in [0.25, 0.3) is 21.9 Å². The van der Waals surface area contributed by atoms with Gasteiger partial charge in [-0.1, -0.05) is 115 Å². The van der Waals surface area contributed by atoms with Crippen LogP contribution in [0, 0.1) is 6.92 Å². The van der Waals surface area contributed by atoms with Crippen LogP contribution in [-0.2, 0) is 0 Å². The van der Waals surface area contributed by atoms with Crippen molar-refractivity contribution in [3.8, 4) is 11.1 Å². The highest BCUT2D eigenvalue weighted by atomic mass is 32.2. The van der Waals surface area contributed by atoms with Crippen LogP contribution in [0.1, 0.15) is 5.56 Å². The van der Waals surface area contributed by atoms with Gasteiger partial charge in [0.25, 0.3) is 0 Å². The normalized spacial score (nSPS) is 13.9. The Kier molecular flexibility index (Phi) is 5.78. The third kappa shape index (κ3) is 3.76. The Morgan fingerprint density at radius 1 is 0.522 bits per heavy atom. The molecule has 3 aliphatic heterocycles. The SMILES string of the molecule is Cc1ccccc1N1B2c3ccccc3N(c3ccccc3)c3cc4ccccc4c(c32)-c2cc3c(cc21)Sc1ccccc1S3. The molecule has 46 heavy (non-hydrogen) atoms. The van der Waals surface area contributed by atoms with E-state index in [1.807, 2.05) is 23.5 Å². The smallest absolute Gasteiger partial charge is 0.333 e. The number of benzene rings is 7. The van der Waals surface area contributed by atoms with Gasteiger partial charge in [0, 0.05) is 53.6 Å². The van der Waals surface area contributed by atoms with Crippen molar-refractivity contribution in [2.24, 2.45) is 0 Å². The molecule has 216 valence electrons. The van der Waals surface area contributed by atoms with Crippen LogP contribution in [-0.4, -0.2) is 6.85 Å². The van der Waals surface area contributed by atoms with E-state index in [0.29, 0.717) is 0 Å². The van der Waals surface area contributed by atoms with Gasteiger partial charge < -0.3 is 9.71 Å². The first-order chi connectivity index (χ1) is 22.7. The average molecular weight is 623 g/mol. The number of anilines is 5. The Balaban J connectivity index is 1.36. The number of nitrogens with zero attached hydrogens (tertiary/aromatic N) is 2. The lowest BCUT2D eigenvalue weighted by molar-refractivity contribution is 1.15. The van der Waals surface area contributed by atoms with Gasteiger partial charge in [-0.05, 0) is 94.3 Å². The minimum atomic E-state index is 0.00551. The van der Waals surface area contributed by atoms with E-state index in [4.69, 9.17) is 0 Å². The number of hydrogen-bond acceptors (Lipinski definition) is 4. The van der Waals surface area contributed by atoms with Crippen LogP contribution in [0.15, 0.2) is 165 Å². The van der Waals surface area contributed by atoms with Crippen LogP contribution in [0.3, 0.4) is 0 Å². The quantitative estimate of drug-likeness (QED) is 0.177. The van der Waals surface area contributed by atoms with Crippen LogP contribution >= 0.6 is 23.5 Å². The Hall–Kier alpha value is -4.84. The second-order valence-corrected chi connectivity index (χ2v) is 14.3. The Morgan fingerprint density at radius 3 is 1.98 bits per heavy atom. The molecule has 0 atom stereocenters. The number of fused-ring (bicyclic) bond motifs is 8. The monoisotopic (exact) mass is 622 g/mol. The van der Waals surface area contributed by atoms with Crippen molar-refractivity contribution in [1.29, 1.82) is 0 Å². The molecule has 2 nitrogen and oxygen atoms in total. The van der Waals surface area contributed by atoms with Gasteiger partial charge in [0.05, 0.1) is 0 Å². The maximum Gasteiger partial charge on any atom is 0.333 e. The summed E-state index contributed by atoms with van der Waals surface area (Å²) in [5, 5.41) is 2.56. The standard InChI is InChI=1S/C41H27BN2S2/c1-26-13-5-9-19-32(26)44-34-25-39-38(45-36-21-11-12-22-37(36)46-39)24-30(34)40-29-17-7-6-14-27(29)23-35-41(40)42(44)31-18-8-10-20-33(31)43(35)28-15-3-2-4-16-28/h2-25H,1H3. The minimum Gasteiger partial charge on any atom is -0.376 e.